The normalized spacial score (nSPS) is 15.1. The summed E-state index contributed by atoms with van der Waals surface area (Å²) < 4.78 is 27.3. The third-order valence-electron chi connectivity index (χ3n) is 6.20. The summed E-state index contributed by atoms with van der Waals surface area (Å²) in [5.41, 5.74) is 1.04. The third kappa shape index (κ3) is 6.05. The molecule has 0 atom stereocenters. The molecule has 0 spiro atoms. The van der Waals surface area contributed by atoms with Crippen molar-refractivity contribution >= 4 is 38.3 Å². The maximum absolute atomic E-state index is 12.9. The van der Waals surface area contributed by atoms with Crippen LogP contribution in [0, 0.1) is 0 Å². The van der Waals surface area contributed by atoms with Gasteiger partial charge in [-0.3, -0.25) is 9.59 Å². The first-order valence-corrected chi connectivity index (χ1v) is 13.2. The molecule has 0 aliphatic carbocycles. The molecule has 0 aromatic heterocycles. The summed E-state index contributed by atoms with van der Waals surface area (Å²) in [6.45, 7) is 5.56. The number of hydrogen-bond acceptors (Lipinski definition) is 5. The summed E-state index contributed by atoms with van der Waals surface area (Å²) >= 11 is 0. The molecule has 2 amide bonds. The number of piperazine rings is 1. The van der Waals surface area contributed by atoms with E-state index >= 15 is 0 Å². The van der Waals surface area contributed by atoms with Crippen LogP contribution in [0.15, 0.2) is 71.6 Å². The average molecular weight is 495 g/mol. The van der Waals surface area contributed by atoms with Crippen molar-refractivity contribution in [2.45, 2.75) is 18.2 Å². The number of nitrogens with zero attached hydrogens (tertiary/aromatic N) is 2. The summed E-state index contributed by atoms with van der Waals surface area (Å²) in [7, 11) is -3.56. The van der Waals surface area contributed by atoms with Crippen molar-refractivity contribution in [3.8, 4) is 0 Å². The zero-order valence-electron chi connectivity index (χ0n) is 19.7. The number of rotatable bonds is 8. The van der Waals surface area contributed by atoms with E-state index in [4.69, 9.17) is 0 Å². The van der Waals surface area contributed by atoms with Crippen molar-refractivity contribution in [2.75, 3.05) is 44.6 Å². The van der Waals surface area contributed by atoms with E-state index in [-0.39, 0.29) is 29.7 Å². The van der Waals surface area contributed by atoms with E-state index in [0.29, 0.717) is 24.3 Å². The minimum Gasteiger partial charge on any atom is -0.352 e. The molecule has 2 N–H and O–H groups in total. The molecule has 0 radical (unpaired) electrons. The van der Waals surface area contributed by atoms with E-state index in [1.165, 1.54) is 16.4 Å². The fraction of sp³-hybridized carbons (Fsp3) is 0.308. The van der Waals surface area contributed by atoms with Crippen LogP contribution in [0.5, 0.6) is 0 Å². The molecule has 0 saturated carbocycles. The maximum Gasteiger partial charge on any atom is 0.251 e. The molecule has 9 heteroatoms. The number of hydrogen-bond donors (Lipinski definition) is 2. The van der Waals surface area contributed by atoms with Gasteiger partial charge in [-0.2, -0.15) is 4.31 Å². The van der Waals surface area contributed by atoms with Gasteiger partial charge in [0.05, 0.1) is 4.90 Å². The minimum absolute atomic E-state index is 0.0983. The molecule has 1 aliphatic rings. The maximum atomic E-state index is 12.9. The van der Waals surface area contributed by atoms with Crippen molar-refractivity contribution in [2.24, 2.45) is 0 Å². The number of amides is 2. The first kappa shape index (κ1) is 24.8. The number of likely N-dealkylation sites (N-methyl/N-ethyl adjacent to an activating group) is 1. The molecule has 8 nitrogen and oxygen atoms in total. The van der Waals surface area contributed by atoms with Crippen LogP contribution in [0.25, 0.3) is 10.8 Å². The molecule has 0 unspecified atom stereocenters. The summed E-state index contributed by atoms with van der Waals surface area (Å²) in [4.78, 5) is 27.1. The van der Waals surface area contributed by atoms with Crippen LogP contribution in [0.4, 0.5) is 5.69 Å². The van der Waals surface area contributed by atoms with Gasteiger partial charge >= 0.3 is 0 Å². The first-order chi connectivity index (χ1) is 16.9. The van der Waals surface area contributed by atoms with Crippen LogP contribution in [-0.4, -0.2) is 68.7 Å². The Morgan fingerprint density at radius 2 is 1.57 bits per heavy atom. The summed E-state index contributed by atoms with van der Waals surface area (Å²) in [6.07, 6.45) is 0.0983. The summed E-state index contributed by atoms with van der Waals surface area (Å²) in [5, 5.41) is 7.55. The fourth-order valence-corrected chi connectivity index (χ4v) is 5.51. The van der Waals surface area contributed by atoms with Gasteiger partial charge in [-0.1, -0.05) is 37.3 Å². The van der Waals surface area contributed by atoms with Gasteiger partial charge in [0, 0.05) is 50.4 Å². The van der Waals surface area contributed by atoms with Gasteiger partial charge in [-0.25, -0.2) is 8.42 Å². The van der Waals surface area contributed by atoms with E-state index in [2.05, 4.69) is 22.5 Å². The van der Waals surface area contributed by atoms with Crippen molar-refractivity contribution in [1.82, 2.24) is 14.5 Å². The molecule has 3 aromatic carbocycles. The van der Waals surface area contributed by atoms with Crippen molar-refractivity contribution in [3.63, 3.8) is 0 Å². The van der Waals surface area contributed by atoms with Gasteiger partial charge in [-0.05, 0) is 53.7 Å². The van der Waals surface area contributed by atoms with Crippen LogP contribution < -0.4 is 10.6 Å². The second-order valence-electron chi connectivity index (χ2n) is 8.48. The van der Waals surface area contributed by atoms with Crippen LogP contribution in [0.3, 0.4) is 0 Å². The molecule has 1 saturated heterocycles. The lowest BCUT2D eigenvalue weighted by atomic mass is 10.1. The highest BCUT2D eigenvalue weighted by Crippen LogP contribution is 2.20. The van der Waals surface area contributed by atoms with Gasteiger partial charge in [0.25, 0.3) is 5.91 Å². The predicted molar refractivity (Wildman–Crippen MR) is 137 cm³/mol. The first-order valence-electron chi connectivity index (χ1n) is 11.8. The molecular formula is C26H30N4O4S. The Bertz CT molecular complexity index is 1300. The number of benzene rings is 3. The molecule has 1 aliphatic heterocycles. The van der Waals surface area contributed by atoms with Gasteiger partial charge < -0.3 is 15.5 Å². The quantitative estimate of drug-likeness (QED) is 0.502. The Labute approximate surface area is 206 Å². The third-order valence-corrected chi connectivity index (χ3v) is 8.12. The Kier molecular flexibility index (Phi) is 7.80. The van der Waals surface area contributed by atoms with Gasteiger partial charge in [0.15, 0.2) is 0 Å². The smallest absolute Gasteiger partial charge is 0.251 e. The second-order valence-corrected chi connectivity index (χ2v) is 10.4. The van der Waals surface area contributed by atoms with Crippen LogP contribution in [0.1, 0.15) is 23.7 Å². The van der Waals surface area contributed by atoms with Crippen molar-refractivity contribution in [1.29, 1.82) is 0 Å². The summed E-state index contributed by atoms with van der Waals surface area (Å²) in [5.74, 6) is -0.506. The van der Waals surface area contributed by atoms with E-state index in [1.807, 2.05) is 36.4 Å². The fourth-order valence-electron chi connectivity index (χ4n) is 4.09. The minimum atomic E-state index is -3.56. The molecule has 35 heavy (non-hydrogen) atoms. The highest BCUT2D eigenvalue weighted by atomic mass is 32.2. The Hall–Kier alpha value is -3.27. The number of carbonyl (C=O) groups is 2. The Morgan fingerprint density at radius 3 is 2.26 bits per heavy atom. The predicted octanol–water partition coefficient (Wildman–Crippen LogP) is 2.92. The standard InChI is InChI=1S/C26H30N4O4S/c1-2-29-15-17-30(18-16-29)35(33,34)24-11-9-23(10-12-24)28-25(31)13-14-27-26(32)22-8-7-20-5-3-4-6-21(20)19-22/h3-12,19H,2,13-18H2,1H3,(H,27,32)(H,28,31). The monoisotopic (exact) mass is 494 g/mol. The largest absolute Gasteiger partial charge is 0.352 e. The zero-order chi connectivity index (χ0) is 24.8. The molecule has 1 fully saturated rings. The lowest BCUT2D eigenvalue weighted by Gasteiger charge is -2.33. The van der Waals surface area contributed by atoms with E-state index in [1.54, 1.807) is 18.2 Å². The highest BCUT2D eigenvalue weighted by molar-refractivity contribution is 7.89. The zero-order valence-corrected chi connectivity index (χ0v) is 20.6. The molecule has 0 bridgehead atoms. The summed E-state index contributed by atoms with van der Waals surface area (Å²) in [6, 6.07) is 19.5. The number of sulfonamides is 1. The highest BCUT2D eigenvalue weighted by Gasteiger charge is 2.27. The van der Waals surface area contributed by atoms with Gasteiger partial charge in [0.2, 0.25) is 15.9 Å². The van der Waals surface area contributed by atoms with Gasteiger partial charge in [-0.15, -0.1) is 0 Å². The lowest BCUT2D eigenvalue weighted by molar-refractivity contribution is -0.116. The molecule has 4 rings (SSSR count). The Morgan fingerprint density at radius 1 is 0.886 bits per heavy atom. The topological polar surface area (TPSA) is 98.8 Å². The SMILES string of the molecule is CCN1CCN(S(=O)(=O)c2ccc(NC(=O)CCNC(=O)c3ccc4ccccc4c3)cc2)CC1. The number of nitrogens with one attached hydrogen (secondary N) is 2. The van der Waals surface area contributed by atoms with Crippen LogP contribution >= 0.6 is 0 Å². The van der Waals surface area contributed by atoms with Crippen molar-refractivity contribution in [3.05, 3.63) is 72.3 Å². The van der Waals surface area contributed by atoms with E-state index in [9.17, 15) is 18.0 Å². The van der Waals surface area contributed by atoms with Crippen molar-refractivity contribution < 1.29 is 18.0 Å². The van der Waals surface area contributed by atoms with E-state index in [0.717, 1.165) is 30.4 Å². The molecule has 1 heterocycles. The lowest BCUT2D eigenvalue weighted by Crippen LogP contribution is -2.48. The average Bonchev–Trinajstić information content (AvgIpc) is 2.88. The van der Waals surface area contributed by atoms with Gasteiger partial charge in [0.1, 0.15) is 0 Å². The molecular weight excluding hydrogens is 464 g/mol. The van der Waals surface area contributed by atoms with Crippen LogP contribution in [-0.2, 0) is 14.8 Å². The number of fused-ring (bicyclic) bond motifs is 1. The number of carbonyl (C=O) groups excluding carboxylic acids is 2. The Balaban J connectivity index is 1.26. The molecule has 3 aromatic rings. The van der Waals surface area contributed by atoms with E-state index < -0.39 is 10.0 Å². The number of anilines is 1. The second kappa shape index (κ2) is 11.0. The molecule has 184 valence electrons. The van der Waals surface area contributed by atoms with Crippen LogP contribution in [0.2, 0.25) is 0 Å².